The quantitative estimate of drug-likeness (QED) is 0.539. The number of methoxy groups -OCH3 is 1. The lowest BCUT2D eigenvalue weighted by Gasteiger charge is -2.09. The van der Waals surface area contributed by atoms with Crippen LogP contribution in [0.2, 0.25) is 0 Å². The molecule has 0 bridgehead atoms. The molecule has 1 aromatic heterocycles. The van der Waals surface area contributed by atoms with Gasteiger partial charge in [0.15, 0.2) is 0 Å². The minimum atomic E-state index is 0.593. The summed E-state index contributed by atoms with van der Waals surface area (Å²) in [5, 5.41) is 0. The van der Waals surface area contributed by atoms with Gasteiger partial charge in [-0.2, -0.15) is 0 Å². The van der Waals surface area contributed by atoms with Crippen LogP contribution in [0.25, 0.3) is 11.5 Å². The highest BCUT2D eigenvalue weighted by Crippen LogP contribution is 2.34. The number of aromatic nitrogens is 1. The van der Waals surface area contributed by atoms with Crippen LogP contribution in [0, 0.1) is 0 Å². The molecule has 0 radical (unpaired) electrons. The van der Waals surface area contributed by atoms with Crippen molar-refractivity contribution in [1.29, 1.82) is 0 Å². The number of aryl methyl sites for hydroxylation is 2. The van der Waals surface area contributed by atoms with Crippen LogP contribution in [0.4, 0.5) is 0 Å². The second kappa shape index (κ2) is 8.09. The standard InChI is InChI=1S/C24H27NO3/c1-4-23-22(25-24(28-23)17-7-9-19(26-3)10-8-17)13-14-27-20-11-12-21-16(2)5-6-18(21)15-20/h7-12,15-16H,4-6,13-14H2,1-3H3/t16-/m1/s1. The maximum Gasteiger partial charge on any atom is 0.226 e. The normalized spacial score (nSPS) is 15.5. The van der Waals surface area contributed by atoms with Crippen LogP contribution in [-0.2, 0) is 19.3 Å². The minimum Gasteiger partial charge on any atom is -0.497 e. The van der Waals surface area contributed by atoms with Crippen molar-refractivity contribution in [2.45, 2.75) is 45.4 Å². The highest BCUT2D eigenvalue weighted by atomic mass is 16.5. The van der Waals surface area contributed by atoms with Crippen LogP contribution in [0.5, 0.6) is 11.5 Å². The highest BCUT2D eigenvalue weighted by Gasteiger charge is 2.19. The highest BCUT2D eigenvalue weighted by molar-refractivity contribution is 5.55. The van der Waals surface area contributed by atoms with Crippen LogP contribution in [0.3, 0.4) is 0 Å². The van der Waals surface area contributed by atoms with Crippen LogP contribution < -0.4 is 9.47 Å². The van der Waals surface area contributed by atoms with E-state index in [2.05, 4.69) is 32.0 Å². The van der Waals surface area contributed by atoms with Crippen LogP contribution in [0.15, 0.2) is 46.9 Å². The topological polar surface area (TPSA) is 44.5 Å². The first kappa shape index (κ1) is 18.6. The van der Waals surface area contributed by atoms with Crippen molar-refractivity contribution in [1.82, 2.24) is 4.98 Å². The number of hydrogen-bond acceptors (Lipinski definition) is 4. The fourth-order valence-corrected chi connectivity index (χ4v) is 3.87. The summed E-state index contributed by atoms with van der Waals surface area (Å²) in [6, 6.07) is 14.3. The fraction of sp³-hybridized carbons (Fsp3) is 0.375. The summed E-state index contributed by atoms with van der Waals surface area (Å²) in [6.07, 6.45) is 3.94. The summed E-state index contributed by atoms with van der Waals surface area (Å²) in [5.41, 5.74) is 4.84. The van der Waals surface area contributed by atoms with E-state index in [-0.39, 0.29) is 0 Å². The molecule has 28 heavy (non-hydrogen) atoms. The van der Waals surface area contributed by atoms with Crippen molar-refractivity contribution in [2.75, 3.05) is 13.7 Å². The summed E-state index contributed by atoms with van der Waals surface area (Å²) in [6.45, 7) is 4.98. The van der Waals surface area contributed by atoms with Crippen molar-refractivity contribution in [3.63, 3.8) is 0 Å². The van der Waals surface area contributed by atoms with E-state index in [1.54, 1.807) is 7.11 Å². The van der Waals surface area contributed by atoms with Crippen molar-refractivity contribution in [2.24, 2.45) is 0 Å². The molecule has 0 N–H and O–H groups in total. The largest absolute Gasteiger partial charge is 0.497 e. The van der Waals surface area contributed by atoms with Crippen LogP contribution in [-0.4, -0.2) is 18.7 Å². The molecule has 0 spiro atoms. The predicted octanol–water partition coefficient (Wildman–Crippen LogP) is 5.58. The van der Waals surface area contributed by atoms with E-state index < -0.39 is 0 Å². The average Bonchev–Trinajstić information content (AvgIpc) is 3.31. The molecule has 1 aliphatic carbocycles. The lowest BCUT2D eigenvalue weighted by Crippen LogP contribution is -2.04. The first-order valence-electron chi connectivity index (χ1n) is 10.1. The number of fused-ring (bicyclic) bond motifs is 1. The molecule has 0 amide bonds. The van der Waals surface area contributed by atoms with Gasteiger partial charge >= 0.3 is 0 Å². The molecule has 1 heterocycles. The Labute approximate surface area is 166 Å². The number of ether oxygens (including phenoxy) is 2. The predicted molar refractivity (Wildman–Crippen MR) is 110 cm³/mol. The molecule has 0 saturated carbocycles. The van der Waals surface area contributed by atoms with Crippen molar-refractivity contribution < 1.29 is 13.9 Å². The second-order valence-corrected chi connectivity index (χ2v) is 7.37. The molecule has 1 atom stereocenters. The van der Waals surface area contributed by atoms with Crippen molar-refractivity contribution in [3.05, 3.63) is 65.0 Å². The SMILES string of the molecule is CCc1oc(-c2ccc(OC)cc2)nc1CCOc1ccc2c(c1)CC[C@H]2C. The monoisotopic (exact) mass is 377 g/mol. The minimum absolute atomic E-state index is 0.593. The summed E-state index contributed by atoms with van der Waals surface area (Å²) >= 11 is 0. The van der Waals surface area contributed by atoms with Gasteiger partial charge in [0.25, 0.3) is 0 Å². The molecular weight excluding hydrogens is 350 g/mol. The van der Waals surface area contributed by atoms with E-state index in [4.69, 9.17) is 18.9 Å². The number of nitrogens with zero attached hydrogens (tertiary/aromatic N) is 1. The number of rotatable bonds is 7. The van der Waals surface area contributed by atoms with E-state index in [0.717, 1.165) is 47.8 Å². The zero-order chi connectivity index (χ0) is 19.5. The van der Waals surface area contributed by atoms with E-state index in [1.807, 2.05) is 24.3 Å². The number of hydrogen-bond donors (Lipinski definition) is 0. The Kier molecular flexibility index (Phi) is 5.38. The van der Waals surface area contributed by atoms with Crippen LogP contribution in [0.1, 0.15) is 48.8 Å². The van der Waals surface area contributed by atoms with Gasteiger partial charge in [-0.25, -0.2) is 4.98 Å². The molecule has 4 nitrogen and oxygen atoms in total. The van der Waals surface area contributed by atoms with E-state index in [9.17, 15) is 0 Å². The Morgan fingerprint density at radius 3 is 2.64 bits per heavy atom. The third kappa shape index (κ3) is 3.77. The van der Waals surface area contributed by atoms with Gasteiger partial charge in [0, 0.05) is 18.4 Å². The van der Waals surface area contributed by atoms with Gasteiger partial charge < -0.3 is 13.9 Å². The van der Waals surface area contributed by atoms with Gasteiger partial charge in [0.1, 0.15) is 17.3 Å². The Hall–Kier alpha value is -2.75. The van der Waals surface area contributed by atoms with E-state index in [1.165, 1.54) is 17.5 Å². The maximum absolute atomic E-state index is 6.02. The third-order valence-corrected chi connectivity index (χ3v) is 5.54. The summed E-state index contributed by atoms with van der Waals surface area (Å²) in [7, 11) is 1.66. The first-order valence-corrected chi connectivity index (χ1v) is 10.1. The van der Waals surface area contributed by atoms with E-state index >= 15 is 0 Å². The molecule has 0 unspecified atom stereocenters. The zero-order valence-corrected chi connectivity index (χ0v) is 16.8. The van der Waals surface area contributed by atoms with Crippen LogP contribution >= 0.6 is 0 Å². The molecular formula is C24H27NO3. The molecule has 2 aromatic carbocycles. The molecule has 0 saturated heterocycles. The number of benzene rings is 2. The Morgan fingerprint density at radius 1 is 1.11 bits per heavy atom. The lowest BCUT2D eigenvalue weighted by atomic mass is 10.0. The first-order chi connectivity index (χ1) is 13.7. The summed E-state index contributed by atoms with van der Waals surface area (Å²) < 4.78 is 17.2. The molecule has 3 aromatic rings. The smallest absolute Gasteiger partial charge is 0.226 e. The van der Waals surface area contributed by atoms with Gasteiger partial charge in [0.2, 0.25) is 5.89 Å². The fourth-order valence-electron chi connectivity index (χ4n) is 3.87. The van der Waals surface area contributed by atoms with Gasteiger partial charge in [-0.15, -0.1) is 0 Å². The lowest BCUT2D eigenvalue weighted by molar-refractivity contribution is 0.319. The Morgan fingerprint density at radius 2 is 1.89 bits per heavy atom. The van der Waals surface area contributed by atoms with Gasteiger partial charge in [-0.1, -0.05) is 19.9 Å². The second-order valence-electron chi connectivity index (χ2n) is 7.37. The van der Waals surface area contributed by atoms with Crippen molar-refractivity contribution in [3.8, 4) is 23.0 Å². The molecule has 0 fully saturated rings. The van der Waals surface area contributed by atoms with Gasteiger partial charge in [0.05, 0.1) is 19.4 Å². The van der Waals surface area contributed by atoms with Gasteiger partial charge in [-0.3, -0.25) is 0 Å². The summed E-state index contributed by atoms with van der Waals surface area (Å²) in [5.74, 6) is 4.02. The molecule has 4 heteroatoms. The Bertz CT molecular complexity index is 943. The summed E-state index contributed by atoms with van der Waals surface area (Å²) in [4.78, 5) is 4.72. The maximum atomic E-state index is 6.02. The third-order valence-electron chi connectivity index (χ3n) is 5.54. The molecule has 0 aliphatic heterocycles. The van der Waals surface area contributed by atoms with Gasteiger partial charge in [-0.05, 0) is 66.3 Å². The zero-order valence-electron chi connectivity index (χ0n) is 16.8. The number of oxazole rings is 1. The van der Waals surface area contributed by atoms with Crippen molar-refractivity contribution >= 4 is 0 Å². The molecule has 4 rings (SSSR count). The van der Waals surface area contributed by atoms with E-state index in [0.29, 0.717) is 18.4 Å². The average molecular weight is 377 g/mol. The molecule has 146 valence electrons. The molecule has 1 aliphatic rings. The Balaban J connectivity index is 1.42.